The lowest BCUT2D eigenvalue weighted by Gasteiger charge is -2.43. The summed E-state index contributed by atoms with van der Waals surface area (Å²) in [6.07, 6.45) is -2.07. The zero-order chi connectivity index (χ0) is 32.3. The lowest BCUT2D eigenvalue weighted by molar-refractivity contribution is -0.137. The molecule has 0 saturated carbocycles. The van der Waals surface area contributed by atoms with E-state index in [0.717, 1.165) is 32.3 Å². The topological polar surface area (TPSA) is 110 Å². The normalized spacial score (nSPS) is 26.5. The summed E-state index contributed by atoms with van der Waals surface area (Å²) in [5.41, 5.74) is 1.63. The Morgan fingerprint density at radius 1 is 1.11 bits per heavy atom. The molecular formula is C31H35F6N7O2. The van der Waals surface area contributed by atoms with Crippen LogP contribution >= 0.6 is 0 Å². The van der Waals surface area contributed by atoms with Crippen LogP contribution in [0.2, 0.25) is 0 Å². The Kier molecular flexibility index (Phi) is 8.02. The van der Waals surface area contributed by atoms with Gasteiger partial charge in [0.25, 0.3) is 0 Å². The molecule has 3 saturated heterocycles. The third kappa shape index (κ3) is 5.54. The number of alkyl halides is 4. The molecule has 0 aliphatic carbocycles. The van der Waals surface area contributed by atoms with Gasteiger partial charge in [-0.2, -0.15) is 23.1 Å². The fraction of sp³-hybridized carbons (Fsp3) is 0.581. The summed E-state index contributed by atoms with van der Waals surface area (Å²) in [6, 6.07) is 0.846. The van der Waals surface area contributed by atoms with Crippen molar-refractivity contribution in [3.05, 3.63) is 28.8 Å². The van der Waals surface area contributed by atoms with Crippen molar-refractivity contribution < 1.29 is 35.8 Å². The Morgan fingerprint density at radius 3 is 2.74 bits per heavy atom. The third-order valence-corrected chi connectivity index (χ3v) is 9.56. The van der Waals surface area contributed by atoms with Gasteiger partial charge in [0.1, 0.15) is 23.3 Å². The summed E-state index contributed by atoms with van der Waals surface area (Å²) in [5.74, 6) is -3.49. The van der Waals surface area contributed by atoms with Crippen LogP contribution in [0, 0.1) is 24.5 Å². The second-order valence-corrected chi connectivity index (χ2v) is 12.7. The summed E-state index contributed by atoms with van der Waals surface area (Å²) in [5, 5.41) is 6.56. The number of rotatable bonds is 4. The minimum Gasteiger partial charge on any atom is -0.490 e. The highest BCUT2D eigenvalue weighted by molar-refractivity contribution is 5.99. The molecule has 46 heavy (non-hydrogen) atoms. The van der Waals surface area contributed by atoms with Crippen molar-refractivity contribution in [2.45, 2.75) is 75.9 Å². The van der Waals surface area contributed by atoms with Gasteiger partial charge in [0.2, 0.25) is 0 Å². The van der Waals surface area contributed by atoms with Crippen LogP contribution in [-0.4, -0.2) is 72.1 Å². The number of halogens is 6. The van der Waals surface area contributed by atoms with Gasteiger partial charge in [-0.1, -0.05) is 0 Å². The van der Waals surface area contributed by atoms with Gasteiger partial charge in [-0.15, -0.1) is 0 Å². The molecule has 0 radical (unpaired) electrons. The van der Waals surface area contributed by atoms with Gasteiger partial charge in [0, 0.05) is 37.6 Å². The molecular weight excluding hydrogens is 616 g/mol. The summed E-state index contributed by atoms with van der Waals surface area (Å²) in [4.78, 5) is 14.7. The van der Waals surface area contributed by atoms with E-state index < -0.39 is 52.1 Å². The Morgan fingerprint density at radius 2 is 1.93 bits per heavy atom. The number of benzene rings is 1. The molecule has 9 nitrogen and oxygen atoms in total. The number of ether oxygens (including phenoxy) is 2. The molecule has 0 amide bonds. The van der Waals surface area contributed by atoms with Gasteiger partial charge in [-0.3, -0.25) is 0 Å². The van der Waals surface area contributed by atoms with E-state index in [-0.39, 0.29) is 78.8 Å². The smallest absolute Gasteiger partial charge is 0.418 e. The molecule has 0 spiro atoms. The molecule has 5 unspecified atom stereocenters. The minimum atomic E-state index is -5.00. The summed E-state index contributed by atoms with van der Waals surface area (Å²) in [6.45, 7) is 2.61. The fourth-order valence-corrected chi connectivity index (χ4v) is 7.54. The maximum Gasteiger partial charge on any atom is 0.418 e. The van der Waals surface area contributed by atoms with E-state index in [4.69, 9.17) is 15.2 Å². The van der Waals surface area contributed by atoms with Gasteiger partial charge in [-0.25, -0.2) is 18.2 Å². The molecule has 7 rings (SSSR count). The van der Waals surface area contributed by atoms with E-state index >= 15 is 8.78 Å². The van der Waals surface area contributed by atoms with Crippen molar-refractivity contribution in [2.24, 2.45) is 5.92 Å². The Hall–Kier alpha value is -3.59. The number of pyridine rings is 1. The van der Waals surface area contributed by atoms with E-state index in [1.54, 1.807) is 0 Å². The molecule has 4 aliphatic rings. The molecule has 2 bridgehead atoms. The fourth-order valence-electron chi connectivity index (χ4n) is 7.54. The quantitative estimate of drug-likeness (QED) is 0.333. The lowest BCUT2D eigenvalue weighted by Crippen LogP contribution is -2.59. The molecule has 4 N–H and O–H groups in total. The maximum absolute atomic E-state index is 16.7. The van der Waals surface area contributed by atoms with Crippen molar-refractivity contribution in [2.75, 3.05) is 43.5 Å². The highest BCUT2D eigenvalue weighted by Crippen LogP contribution is 2.48. The Bertz CT molecular complexity index is 1660. The number of aryl methyl sites for hydroxylation is 1. The molecule has 6 heterocycles. The maximum atomic E-state index is 16.7. The molecule has 1 aromatic carbocycles. The average molecular weight is 652 g/mol. The molecule has 4 aliphatic heterocycles. The number of nitrogens with one attached hydrogen (secondary N) is 2. The van der Waals surface area contributed by atoms with E-state index in [0.29, 0.717) is 25.9 Å². The number of nitrogen functional groups attached to an aromatic ring is 1. The number of nitrogens with zero attached hydrogens (tertiary/aromatic N) is 4. The van der Waals surface area contributed by atoms with E-state index in [2.05, 4.69) is 25.6 Å². The van der Waals surface area contributed by atoms with Crippen molar-refractivity contribution in [3.63, 3.8) is 0 Å². The first-order valence-corrected chi connectivity index (χ1v) is 15.7. The first-order chi connectivity index (χ1) is 22.0. The lowest BCUT2D eigenvalue weighted by atomic mass is 9.96. The number of fused-ring (bicyclic) bond motifs is 5. The van der Waals surface area contributed by atoms with Crippen molar-refractivity contribution in [1.82, 2.24) is 25.6 Å². The van der Waals surface area contributed by atoms with Gasteiger partial charge in [0.05, 0.1) is 35.4 Å². The van der Waals surface area contributed by atoms with Crippen molar-refractivity contribution in [1.29, 1.82) is 0 Å². The van der Waals surface area contributed by atoms with Crippen LogP contribution in [0.1, 0.15) is 49.7 Å². The third-order valence-electron chi connectivity index (χ3n) is 9.56. The largest absolute Gasteiger partial charge is 0.490 e. The number of piperazine rings is 1. The minimum absolute atomic E-state index is 0.0231. The van der Waals surface area contributed by atoms with Crippen molar-refractivity contribution >= 4 is 22.5 Å². The number of aromatic nitrogens is 3. The van der Waals surface area contributed by atoms with Crippen LogP contribution in [0.3, 0.4) is 0 Å². The second-order valence-electron chi connectivity index (χ2n) is 12.7. The van der Waals surface area contributed by atoms with Crippen LogP contribution in [0.4, 0.5) is 38.0 Å². The highest BCUT2D eigenvalue weighted by atomic mass is 19.4. The van der Waals surface area contributed by atoms with Crippen LogP contribution in [0.5, 0.6) is 11.8 Å². The molecule has 3 fully saturated rings. The van der Waals surface area contributed by atoms with Crippen LogP contribution in [-0.2, 0) is 6.18 Å². The molecule has 2 aromatic heterocycles. The molecule has 3 aromatic rings. The van der Waals surface area contributed by atoms with Gasteiger partial charge in [0.15, 0.2) is 17.4 Å². The van der Waals surface area contributed by atoms with Crippen molar-refractivity contribution in [3.8, 4) is 23.0 Å². The predicted octanol–water partition coefficient (Wildman–Crippen LogP) is 5.08. The van der Waals surface area contributed by atoms with Gasteiger partial charge in [-0.05, 0) is 63.1 Å². The average Bonchev–Trinajstić information content (AvgIpc) is 3.36. The van der Waals surface area contributed by atoms with E-state index in [1.165, 1.54) is 0 Å². The standard InChI is InChI=1S/C31H35F6N7O2/c1-14-9-20(38)41-26(23(14)31(35,36)37)21-24(33)27-22-28(25(21)34)45-8-6-19-18-5-4-17(40-18)12-44(19)29(22)43-30(42-27)46-13-15-3-2-7-39-11-16(32)10-15/h9,15-19,39-40H,2-8,10-13H2,1H3,(H2,38,41). The number of anilines is 2. The van der Waals surface area contributed by atoms with Crippen LogP contribution in [0.25, 0.3) is 22.2 Å². The zero-order valence-electron chi connectivity index (χ0n) is 25.2. The van der Waals surface area contributed by atoms with E-state index in [1.807, 2.05) is 4.90 Å². The number of hydrogen-bond donors (Lipinski definition) is 3. The van der Waals surface area contributed by atoms with E-state index in [9.17, 15) is 17.6 Å². The first-order valence-electron chi connectivity index (χ1n) is 15.7. The van der Waals surface area contributed by atoms with Gasteiger partial charge >= 0.3 is 12.2 Å². The SMILES string of the molecule is Cc1cc(N)nc(-c2c(F)c3c4c(nc(OCC5CCCNCC(F)C5)nc4c2F)N2CC4CCC(N4)C2CCO3)c1C(F)(F)F. The Balaban J connectivity index is 1.42. The zero-order valence-corrected chi connectivity index (χ0v) is 25.2. The Labute approximate surface area is 261 Å². The summed E-state index contributed by atoms with van der Waals surface area (Å²) in [7, 11) is 0. The number of nitrogens with two attached hydrogens (primary N) is 1. The molecule has 15 heteroatoms. The first kappa shape index (κ1) is 31.0. The summed E-state index contributed by atoms with van der Waals surface area (Å²) >= 11 is 0. The second kappa shape index (κ2) is 11.9. The van der Waals surface area contributed by atoms with Gasteiger partial charge < -0.3 is 30.7 Å². The predicted molar refractivity (Wildman–Crippen MR) is 159 cm³/mol. The number of hydrogen-bond acceptors (Lipinski definition) is 9. The monoisotopic (exact) mass is 651 g/mol. The summed E-state index contributed by atoms with van der Waals surface area (Å²) < 4.78 is 103. The molecule has 248 valence electrons. The van der Waals surface area contributed by atoms with Crippen LogP contribution in [0.15, 0.2) is 6.07 Å². The highest BCUT2D eigenvalue weighted by Gasteiger charge is 2.44. The van der Waals surface area contributed by atoms with Crippen LogP contribution < -0.4 is 30.7 Å². The molecule has 5 atom stereocenters.